The largest absolute Gasteiger partial charge is 0.366 e. The SMILES string of the molecule is CCCN1c2cc(C)c(/C=C3/NC(=O)N(Cc4ccccc4F)C3=O)cc2C(C)CC1(C)C. The van der Waals surface area contributed by atoms with Crippen LogP contribution in [0.15, 0.2) is 42.1 Å². The standard InChI is InChI=1S/C27H32FN3O2/c1-6-11-31-24-12-17(2)20(13-21(24)18(3)15-27(31,4)5)14-23-25(32)30(26(33)29-23)16-19-9-7-8-10-22(19)28/h7-10,12-14,18H,6,11,15-16H2,1-5H3,(H,29,33)/b23-14+. The predicted octanol–water partition coefficient (Wildman–Crippen LogP) is 5.73. The zero-order valence-electron chi connectivity index (χ0n) is 20.0. The van der Waals surface area contributed by atoms with Gasteiger partial charge in [0, 0.05) is 23.3 Å². The minimum absolute atomic E-state index is 0.0808. The molecule has 1 unspecified atom stereocenters. The lowest BCUT2D eigenvalue weighted by Gasteiger charge is -2.48. The number of nitrogens with one attached hydrogen (secondary N) is 1. The van der Waals surface area contributed by atoms with E-state index in [0.717, 1.165) is 35.4 Å². The summed E-state index contributed by atoms with van der Waals surface area (Å²) in [5.41, 5.74) is 5.07. The minimum Gasteiger partial charge on any atom is -0.366 e. The van der Waals surface area contributed by atoms with Crippen molar-refractivity contribution in [3.8, 4) is 0 Å². The van der Waals surface area contributed by atoms with E-state index in [9.17, 15) is 14.0 Å². The number of urea groups is 1. The minimum atomic E-state index is -0.533. The van der Waals surface area contributed by atoms with Crippen molar-refractivity contribution in [2.75, 3.05) is 11.4 Å². The second kappa shape index (κ2) is 8.65. The topological polar surface area (TPSA) is 52.7 Å². The summed E-state index contributed by atoms with van der Waals surface area (Å²) in [6.45, 7) is 12.0. The molecule has 1 atom stereocenters. The van der Waals surface area contributed by atoms with Crippen molar-refractivity contribution in [1.82, 2.24) is 10.2 Å². The molecule has 5 nitrogen and oxygen atoms in total. The second-order valence-corrected chi connectivity index (χ2v) is 9.81. The molecule has 6 heteroatoms. The Morgan fingerprint density at radius 3 is 2.64 bits per heavy atom. The molecular formula is C27H32FN3O2. The van der Waals surface area contributed by atoms with E-state index in [1.165, 1.54) is 17.3 Å². The van der Waals surface area contributed by atoms with Gasteiger partial charge in [0.15, 0.2) is 0 Å². The first-order valence-corrected chi connectivity index (χ1v) is 11.6. The van der Waals surface area contributed by atoms with Gasteiger partial charge in [0.1, 0.15) is 11.5 Å². The van der Waals surface area contributed by atoms with Crippen molar-refractivity contribution >= 4 is 23.7 Å². The maximum Gasteiger partial charge on any atom is 0.329 e. The van der Waals surface area contributed by atoms with E-state index in [0.29, 0.717) is 11.5 Å². The van der Waals surface area contributed by atoms with Gasteiger partial charge in [-0.2, -0.15) is 0 Å². The highest BCUT2D eigenvalue weighted by molar-refractivity contribution is 6.14. The van der Waals surface area contributed by atoms with Crippen molar-refractivity contribution in [2.24, 2.45) is 0 Å². The number of hydrogen-bond donors (Lipinski definition) is 1. The van der Waals surface area contributed by atoms with Crippen LogP contribution in [-0.4, -0.2) is 28.9 Å². The number of aryl methyl sites for hydroxylation is 1. The van der Waals surface area contributed by atoms with Crippen LogP contribution in [-0.2, 0) is 11.3 Å². The van der Waals surface area contributed by atoms with Gasteiger partial charge < -0.3 is 10.2 Å². The number of benzene rings is 2. The third kappa shape index (κ3) is 4.26. The molecule has 0 bridgehead atoms. The van der Waals surface area contributed by atoms with E-state index in [-0.39, 0.29) is 17.8 Å². The predicted molar refractivity (Wildman–Crippen MR) is 129 cm³/mol. The number of anilines is 1. The molecule has 2 heterocycles. The Morgan fingerprint density at radius 1 is 1.21 bits per heavy atom. The van der Waals surface area contributed by atoms with Crippen molar-refractivity contribution in [3.05, 3.63) is 70.2 Å². The van der Waals surface area contributed by atoms with Crippen molar-refractivity contribution in [2.45, 2.75) is 65.5 Å². The molecule has 1 N–H and O–H groups in total. The molecule has 0 spiro atoms. The smallest absolute Gasteiger partial charge is 0.329 e. The van der Waals surface area contributed by atoms with Gasteiger partial charge in [-0.15, -0.1) is 0 Å². The molecule has 0 radical (unpaired) electrons. The van der Waals surface area contributed by atoms with Crippen LogP contribution < -0.4 is 10.2 Å². The van der Waals surface area contributed by atoms with E-state index in [4.69, 9.17) is 0 Å². The summed E-state index contributed by atoms with van der Waals surface area (Å²) in [6.07, 6.45) is 3.86. The molecule has 1 fully saturated rings. The first kappa shape index (κ1) is 23.0. The van der Waals surface area contributed by atoms with Gasteiger partial charge in [-0.1, -0.05) is 32.0 Å². The van der Waals surface area contributed by atoms with Crippen LogP contribution in [0, 0.1) is 12.7 Å². The number of carbonyl (C=O) groups is 2. The quantitative estimate of drug-likeness (QED) is 0.469. The zero-order valence-corrected chi connectivity index (χ0v) is 20.0. The fraction of sp³-hybridized carbons (Fsp3) is 0.407. The maximum atomic E-state index is 14.0. The molecule has 2 aliphatic heterocycles. The molecule has 1 saturated heterocycles. The van der Waals surface area contributed by atoms with Crippen LogP contribution in [0.25, 0.3) is 6.08 Å². The molecule has 4 rings (SSSR count). The summed E-state index contributed by atoms with van der Waals surface area (Å²) in [5, 5.41) is 2.67. The monoisotopic (exact) mass is 449 g/mol. The Kier molecular flexibility index (Phi) is 6.04. The van der Waals surface area contributed by atoms with Crippen LogP contribution >= 0.6 is 0 Å². The Labute approximate surface area is 195 Å². The first-order chi connectivity index (χ1) is 15.6. The third-order valence-electron chi connectivity index (χ3n) is 6.77. The molecule has 33 heavy (non-hydrogen) atoms. The van der Waals surface area contributed by atoms with Gasteiger partial charge in [-0.3, -0.25) is 9.69 Å². The number of amides is 3. The molecule has 2 aliphatic rings. The van der Waals surface area contributed by atoms with Gasteiger partial charge >= 0.3 is 6.03 Å². The average molecular weight is 450 g/mol. The Hall–Kier alpha value is -3.15. The Bertz CT molecular complexity index is 1140. The second-order valence-electron chi connectivity index (χ2n) is 9.81. The van der Waals surface area contributed by atoms with Crippen LogP contribution in [0.2, 0.25) is 0 Å². The number of halogens is 1. The third-order valence-corrected chi connectivity index (χ3v) is 6.77. The van der Waals surface area contributed by atoms with Crippen molar-refractivity contribution < 1.29 is 14.0 Å². The summed E-state index contributed by atoms with van der Waals surface area (Å²) >= 11 is 0. The van der Waals surface area contributed by atoms with Crippen LogP contribution in [0.3, 0.4) is 0 Å². The Balaban J connectivity index is 1.66. The number of fused-ring (bicyclic) bond motifs is 1. The lowest BCUT2D eigenvalue weighted by Crippen LogP contribution is -2.48. The van der Waals surface area contributed by atoms with Gasteiger partial charge in [0.2, 0.25) is 0 Å². The molecule has 2 aromatic rings. The van der Waals surface area contributed by atoms with Gasteiger partial charge in [-0.05, 0) is 80.5 Å². The highest BCUT2D eigenvalue weighted by Crippen LogP contribution is 2.44. The van der Waals surface area contributed by atoms with Crippen molar-refractivity contribution in [1.29, 1.82) is 0 Å². The first-order valence-electron chi connectivity index (χ1n) is 11.6. The highest BCUT2D eigenvalue weighted by Gasteiger charge is 2.37. The molecular weight excluding hydrogens is 417 g/mol. The normalized spacial score (nSPS) is 20.9. The number of rotatable bonds is 5. The number of imide groups is 1. The summed E-state index contributed by atoms with van der Waals surface area (Å²) in [4.78, 5) is 29.0. The zero-order chi connectivity index (χ0) is 23.9. The van der Waals surface area contributed by atoms with Crippen LogP contribution in [0.4, 0.5) is 14.9 Å². The molecule has 0 aliphatic carbocycles. The van der Waals surface area contributed by atoms with Gasteiger partial charge in [-0.25, -0.2) is 9.18 Å². The lowest BCUT2D eigenvalue weighted by molar-refractivity contribution is -0.123. The van der Waals surface area contributed by atoms with Gasteiger partial charge in [0.25, 0.3) is 5.91 Å². The molecule has 174 valence electrons. The van der Waals surface area contributed by atoms with Gasteiger partial charge in [0.05, 0.1) is 6.54 Å². The summed E-state index contributed by atoms with van der Waals surface area (Å²) < 4.78 is 14.0. The fourth-order valence-corrected chi connectivity index (χ4v) is 5.12. The van der Waals surface area contributed by atoms with E-state index in [1.54, 1.807) is 24.3 Å². The number of nitrogens with zero attached hydrogens (tertiary/aromatic N) is 2. The highest BCUT2D eigenvalue weighted by atomic mass is 19.1. The molecule has 3 amide bonds. The van der Waals surface area contributed by atoms with E-state index >= 15 is 0 Å². The van der Waals surface area contributed by atoms with E-state index in [2.05, 4.69) is 50.0 Å². The average Bonchev–Trinajstić information content (AvgIpc) is 3.00. The summed E-state index contributed by atoms with van der Waals surface area (Å²) in [6, 6.07) is 10.00. The Morgan fingerprint density at radius 2 is 1.94 bits per heavy atom. The van der Waals surface area contributed by atoms with Crippen molar-refractivity contribution in [3.63, 3.8) is 0 Å². The van der Waals surface area contributed by atoms with Crippen LogP contribution in [0.5, 0.6) is 0 Å². The lowest BCUT2D eigenvalue weighted by atomic mass is 9.79. The molecule has 0 aromatic heterocycles. The number of carbonyl (C=O) groups excluding carboxylic acids is 2. The van der Waals surface area contributed by atoms with E-state index < -0.39 is 17.8 Å². The van der Waals surface area contributed by atoms with Crippen LogP contribution in [0.1, 0.15) is 68.7 Å². The maximum absolute atomic E-state index is 14.0. The summed E-state index contributed by atoms with van der Waals surface area (Å²) in [7, 11) is 0. The molecule has 0 saturated carbocycles. The fourth-order valence-electron chi connectivity index (χ4n) is 5.12. The van der Waals surface area contributed by atoms with E-state index in [1.807, 2.05) is 6.92 Å². The molecule has 2 aromatic carbocycles. The summed E-state index contributed by atoms with van der Waals surface area (Å²) in [5.74, 6) is -0.496. The number of hydrogen-bond acceptors (Lipinski definition) is 3.